The number of halogens is 2. The lowest BCUT2D eigenvalue weighted by Gasteiger charge is -2.19. The van der Waals surface area contributed by atoms with Gasteiger partial charge in [0.1, 0.15) is 5.82 Å². The predicted octanol–water partition coefficient (Wildman–Crippen LogP) is 3.02. The largest absolute Gasteiger partial charge is 0.348 e. The van der Waals surface area contributed by atoms with Crippen molar-refractivity contribution in [3.8, 4) is 0 Å². The number of hydrogen-bond acceptors (Lipinski definition) is 3. The Morgan fingerprint density at radius 3 is 2.16 bits per heavy atom. The summed E-state index contributed by atoms with van der Waals surface area (Å²) < 4.78 is 39.8. The minimum atomic E-state index is -3.85. The third-order valence-electron chi connectivity index (χ3n) is 3.58. The molecular formula is C17H18ClFN2O3S. The first-order chi connectivity index (χ1) is 11.7. The predicted molar refractivity (Wildman–Crippen MR) is 94.2 cm³/mol. The zero-order valence-corrected chi connectivity index (χ0v) is 15.2. The van der Waals surface area contributed by atoms with Crippen molar-refractivity contribution in [2.45, 2.75) is 30.8 Å². The highest BCUT2D eigenvalue weighted by Gasteiger charge is 2.23. The van der Waals surface area contributed by atoms with Crippen molar-refractivity contribution in [3.63, 3.8) is 0 Å². The first kappa shape index (κ1) is 19.4. The molecule has 2 aromatic carbocycles. The summed E-state index contributed by atoms with van der Waals surface area (Å²) in [4.78, 5) is 12.2. The summed E-state index contributed by atoms with van der Waals surface area (Å²) in [7, 11) is -3.85. The van der Waals surface area contributed by atoms with E-state index in [9.17, 15) is 17.6 Å². The van der Waals surface area contributed by atoms with E-state index >= 15 is 0 Å². The maximum Gasteiger partial charge on any atom is 0.241 e. The number of sulfonamides is 1. The number of rotatable bonds is 6. The molecule has 2 N–H and O–H groups in total. The van der Waals surface area contributed by atoms with Crippen LogP contribution in [0.4, 0.5) is 4.39 Å². The van der Waals surface area contributed by atoms with Gasteiger partial charge in [0.25, 0.3) is 0 Å². The second-order valence-electron chi connectivity index (χ2n) is 5.58. The third-order valence-corrected chi connectivity index (χ3v) is 5.39. The van der Waals surface area contributed by atoms with Crippen LogP contribution in [0.15, 0.2) is 53.4 Å². The van der Waals surface area contributed by atoms with Gasteiger partial charge in [0, 0.05) is 5.02 Å². The molecule has 2 rings (SSSR count). The van der Waals surface area contributed by atoms with Gasteiger partial charge in [0.05, 0.1) is 17.0 Å². The molecule has 1 amide bonds. The van der Waals surface area contributed by atoms with Crippen LogP contribution in [0.3, 0.4) is 0 Å². The van der Waals surface area contributed by atoms with Crippen molar-refractivity contribution < 1.29 is 17.6 Å². The highest BCUT2D eigenvalue weighted by Crippen LogP contribution is 2.15. The van der Waals surface area contributed by atoms with Gasteiger partial charge in [0.2, 0.25) is 15.9 Å². The fourth-order valence-corrected chi connectivity index (χ4v) is 3.47. The van der Waals surface area contributed by atoms with Crippen LogP contribution < -0.4 is 10.0 Å². The minimum absolute atomic E-state index is 0.0168. The fraction of sp³-hybridized carbons (Fsp3) is 0.235. The minimum Gasteiger partial charge on any atom is -0.348 e. The molecule has 2 atom stereocenters. The van der Waals surface area contributed by atoms with Gasteiger partial charge >= 0.3 is 0 Å². The Balaban J connectivity index is 2.01. The number of nitrogens with one attached hydrogen (secondary N) is 2. The average molecular weight is 385 g/mol. The molecule has 8 heteroatoms. The number of hydrogen-bond donors (Lipinski definition) is 2. The lowest BCUT2D eigenvalue weighted by Crippen LogP contribution is -2.45. The zero-order chi connectivity index (χ0) is 18.6. The van der Waals surface area contributed by atoms with Crippen molar-refractivity contribution in [2.75, 3.05) is 0 Å². The van der Waals surface area contributed by atoms with Crippen LogP contribution in [0.2, 0.25) is 5.02 Å². The molecular weight excluding hydrogens is 367 g/mol. The molecule has 0 aliphatic heterocycles. The quantitative estimate of drug-likeness (QED) is 0.803. The van der Waals surface area contributed by atoms with Crippen molar-refractivity contribution >= 4 is 27.5 Å². The van der Waals surface area contributed by atoms with E-state index in [4.69, 9.17) is 11.6 Å². The van der Waals surface area contributed by atoms with Gasteiger partial charge in [-0.05, 0) is 55.8 Å². The summed E-state index contributed by atoms with van der Waals surface area (Å²) >= 11 is 5.74. The number of carbonyl (C=O) groups excluding carboxylic acids is 1. The molecule has 0 bridgehead atoms. The molecule has 5 nitrogen and oxygen atoms in total. The van der Waals surface area contributed by atoms with E-state index in [1.807, 2.05) is 0 Å². The summed E-state index contributed by atoms with van der Waals surface area (Å²) in [5.41, 5.74) is 0.711. The molecule has 0 saturated heterocycles. The standard InChI is InChI=1S/C17H18ClFN2O3S/c1-11(13-3-7-15(19)8-4-13)20-17(22)12(2)21-25(23,24)16-9-5-14(18)6-10-16/h3-12,21H,1-2H3,(H,20,22)/t11-,12+/m1/s1. The van der Waals surface area contributed by atoms with Crippen LogP contribution in [0.25, 0.3) is 0 Å². The summed E-state index contributed by atoms with van der Waals surface area (Å²) in [5, 5.41) is 3.10. The maximum atomic E-state index is 12.9. The lowest BCUT2D eigenvalue weighted by molar-refractivity contribution is -0.123. The van der Waals surface area contributed by atoms with Crippen molar-refractivity contribution in [1.82, 2.24) is 10.0 Å². The van der Waals surface area contributed by atoms with Crippen molar-refractivity contribution in [1.29, 1.82) is 0 Å². The molecule has 2 aromatic rings. The number of benzene rings is 2. The van der Waals surface area contributed by atoms with Crippen LogP contribution in [0.1, 0.15) is 25.5 Å². The molecule has 134 valence electrons. The third kappa shape index (κ3) is 5.26. The van der Waals surface area contributed by atoms with Gasteiger partial charge in [-0.3, -0.25) is 4.79 Å². The Morgan fingerprint density at radius 1 is 1.04 bits per heavy atom. The first-order valence-corrected chi connectivity index (χ1v) is 9.39. The SMILES string of the molecule is C[C@H](NS(=O)(=O)c1ccc(Cl)cc1)C(=O)N[C@H](C)c1ccc(F)cc1. The lowest BCUT2D eigenvalue weighted by atomic mass is 10.1. The summed E-state index contributed by atoms with van der Waals surface area (Å²) in [6.07, 6.45) is 0. The molecule has 0 aliphatic carbocycles. The Morgan fingerprint density at radius 2 is 1.60 bits per heavy atom. The van der Waals surface area contributed by atoms with Gasteiger partial charge in [-0.2, -0.15) is 4.72 Å². The van der Waals surface area contributed by atoms with E-state index in [0.717, 1.165) is 0 Å². The molecule has 25 heavy (non-hydrogen) atoms. The van der Waals surface area contributed by atoms with E-state index in [2.05, 4.69) is 10.0 Å². The van der Waals surface area contributed by atoms with Crippen LogP contribution in [-0.4, -0.2) is 20.4 Å². The molecule has 0 aromatic heterocycles. The molecule has 0 fully saturated rings. The first-order valence-electron chi connectivity index (χ1n) is 7.53. The zero-order valence-electron chi connectivity index (χ0n) is 13.7. The van der Waals surface area contributed by atoms with Crippen LogP contribution in [-0.2, 0) is 14.8 Å². The fourth-order valence-electron chi connectivity index (χ4n) is 2.14. The monoisotopic (exact) mass is 384 g/mol. The van der Waals surface area contributed by atoms with Gasteiger partial charge in [0.15, 0.2) is 0 Å². The summed E-state index contributed by atoms with van der Waals surface area (Å²) in [6.45, 7) is 3.17. The smallest absolute Gasteiger partial charge is 0.241 e. The average Bonchev–Trinajstić information content (AvgIpc) is 2.55. The second-order valence-corrected chi connectivity index (χ2v) is 7.73. The molecule has 0 heterocycles. The highest BCUT2D eigenvalue weighted by atomic mass is 35.5. The van der Waals surface area contributed by atoms with E-state index in [1.54, 1.807) is 19.1 Å². The molecule has 0 aliphatic rings. The molecule has 0 spiro atoms. The van der Waals surface area contributed by atoms with Gasteiger partial charge in [-0.15, -0.1) is 0 Å². The van der Waals surface area contributed by atoms with Crippen LogP contribution in [0, 0.1) is 5.82 Å². The van der Waals surface area contributed by atoms with Crippen molar-refractivity contribution in [3.05, 3.63) is 64.9 Å². The summed E-state index contributed by atoms with van der Waals surface area (Å²) in [6, 6.07) is 9.96. The maximum absolute atomic E-state index is 12.9. The van der Waals surface area contributed by atoms with Gasteiger partial charge in [-0.25, -0.2) is 12.8 Å². The molecule has 0 saturated carbocycles. The number of carbonyl (C=O) groups is 1. The van der Waals surface area contributed by atoms with E-state index in [0.29, 0.717) is 10.6 Å². The highest BCUT2D eigenvalue weighted by molar-refractivity contribution is 7.89. The Kier molecular flexibility index (Phi) is 6.16. The molecule has 0 radical (unpaired) electrons. The van der Waals surface area contributed by atoms with E-state index < -0.39 is 28.0 Å². The number of amides is 1. The molecule has 0 unspecified atom stereocenters. The van der Waals surface area contributed by atoms with Crippen LogP contribution >= 0.6 is 11.6 Å². The van der Waals surface area contributed by atoms with E-state index in [-0.39, 0.29) is 10.7 Å². The summed E-state index contributed by atoms with van der Waals surface area (Å²) in [5.74, 6) is -0.860. The van der Waals surface area contributed by atoms with Gasteiger partial charge in [-0.1, -0.05) is 23.7 Å². The second kappa shape index (κ2) is 7.95. The van der Waals surface area contributed by atoms with Crippen LogP contribution in [0.5, 0.6) is 0 Å². The normalized spacial score (nSPS) is 13.9. The topological polar surface area (TPSA) is 75.3 Å². The van der Waals surface area contributed by atoms with E-state index in [1.165, 1.54) is 43.3 Å². The Bertz CT molecular complexity index is 839. The Labute approximate surface area is 151 Å². The Hall–Kier alpha value is -1.96. The van der Waals surface area contributed by atoms with Crippen molar-refractivity contribution in [2.24, 2.45) is 0 Å². The van der Waals surface area contributed by atoms with Gasteiger partial charge < -0.3 is 5.32 Å².